The lowest BCUT2D eigenvalue weighted by molar-refractivity contribution is -0.384. The van der Waals surface area contributed by atoms with Crippen molar-refractivity contribution in [1.29, 1.82) is 0 Å². The van der Waals surface area contributed by atoms with Crippen molar-refractivity contribution >= 4 is 17.7 Å². The number of ketones is 1. The molecule has 0 aromatic heterocycles. The molecule has 22 heavy (non-hydrogen) atoms. The van der Waals surface area contributed by atoms with Gasteiger partial charge in [0.05, 0.1) is 4.92 Å². The lowest BCUT2D eigenvalue weighted by Crippen LogP contribution is -2.03. The second kappa shape index (κ2) is 6.49. The summed E-state index contributed by atoms with van der Waals surface area (Å²) in [6.45, 7) is -0.174. The first-order chi connectivity index (χ1) is 10.5. The molecule has 0 unspecified atom stereocenters. The van der Waals surface area contributed by atoms with Crippen LogP contribution < -0.4 is 0 Å². The summed E-state index contributed by atoms with van der Waals surface area (Å²) in [6.07, 6.45) is 1.21. The summed E-state index contributed by atoms with van der Waals surface area (Å²) < 4.78 is 0. The average Bonchev–Trinajstić information content (AvgIpc) is 2.49. The first kappa shape index (κ1) is 15.2. The number of carbonyl (C=O) groups is 1. The van der Waals surface area contributed by atoms with Crippen molar-refractivity contribution in [2.24, 2.45) is 4.99 Å². The fourth-order valence-electron chi connectivity index (χ4n) is 1.72. The number of aromatic hydroxyl groups is 2. The zero-order valence-corrected chi connectivity index (χ0v) is 11.3. The van der Waals surface area contributed by atoms with Crippen LogP contribution in [-0.2, 0) is 0 Å². The van der Waals surface area contributed by atoms with Gasteiger partial charge in [0.2, 0.25) is 0 Å². The van der Waals surface area contributed by atoms with Crippen molar-refractivity contribution in [1.82, 2.24) is 0 Å². The molecule has 112 valence electrons. The van der Waals surface area contributed by atoms with E-state index in [0.717, 1.165) is 0 Å². The molecule has 0 fully saturated rings. The number of hydrogen-bond donors (Lipinski definition) is 2. The van der Waals surface area contributed by atoms with E-state index >= 15 is 0 Å². The van der Waals surface area contributed by atoms with Gasteiger partial charge in [-0.15, -0.1) is 0 Å². The summed E-state index contributed by atoms with van der Waals surface area (Å²) in [5.41, 5.74) is 0.370. The summed E-state index contributed by atoms with van der Waals surface area (Å²) in [6, 6.07) is 9.27. The van der Waals surface area contributed by atoms with Gasteiger partial charge in [-0.3, -0.25) is 19.9 Å². The topological polar surface area (TPSA) is 113 Å². The van der Waals surface area contributed by atoms with E-state index in [0.29, 0.717) is 5.56 Å². The van der Waals surface area contributed by atoms with E-state index in [1.54, 1.807) is 0 Å². The van der Waals surface area contributed by atoms with Gasteiger partial charge in [0, 0.05) is 29.5 Å². The molecule has 0 atom stereocenters. The Bertz CT molecular complexity index is 738. The van der Waals surface area contributed by atoms with E-state index in [1.165, 1.54) is 48.7 Å². The van der Waals surface area contributed by atoms with Crippen LogP contribution in [0.1, 0.15) is 15.9 Å². The number of Topliss-reactive ketones (excluding diaryl/α,β-unsaturated/α-hetero) is 1. The molecule has 0 heterocycles. The van der Waals surface area contributed by atoms with Crippen molar-refractivity contribution in [3.05, 3.63) is 63.7 Å². The maximum Gasteiger partial charge on any atom is 0.270 e. The summed E-state index contributed by atoms with van der Waals surface area (Å²) in [7, 11) is 0. The second-order valence-corrected chi connectivity index (χ2v) is 4.44. The smallest absolute Gasteiger partial charge is 0.270 e. The third-order valence-corrected chi connectivity index (χ3v) is 2.88. The Hall–Kier alpha value is -3.22. The van der Waals surface area contributed by atoms with E-state index in [4.69, 9.17) is 5.11 Å². The third-order valence-electron chi connectivity index (χ3n) is 2.88. The highest BCUT2D eigenvalue weighted by Crippen LogP contribution is 2.21. The van der Waals surface area contributed by atoms with Gasteiger partial charge in [0.1, 0.15) is 18.0 Å². The Balaban J connectivity index is 2.09. The number of benzene rings is 2. The molecule has 0 radical (unpaired) electrons. The Morgan fingerprint density at radius 3 is 2.50 bits per heavy atom. The van der Waals surface area contributed by atoms with Crippen molar-refractivity contribution in [3.8, 4) is 11.5 Å². The SMILES string of the molecule is O=C(CN=Cc1cc([N+](=O)[O-])ccc1O)c1ccc(O)cc1. The zero-order chi connectivity index (χ0) is 16.1. The van der Waals surface area contributed by atoms with Crippen LogP contribution in [0.3, 0.4) is 0 Å². The van der Waals surface area contributed by atoms with E-state index in [9.17, 15) is 20.0 Å². The highest BCUT2D eigenvalue weighted by Gasteiger charge is 2.09. The first-order valence-corrected chi connectivity index (χ1v) is 6.27. The Labute approximate surface area is 125 Å². The van der Waals surface area contributed by atoms with Crippen molar-refractivity contribution in [3.63, 3.8) is 0 Å². The molecule has 2 rings (SSSR count). The molecular formula is C15H12N2O5. The number of hydrogen-bond acceptors (Lipinski definition) is 6. The number of phenols is 2. The molecular weight excluding hydrogens is 288 g/mol. The van der Waals surface area contributed by atoms with E-state index in [2.05, 4.69) is 4.99 Å². The minimum absolute atomic E-state index is 0.0570. The number of aliphatic imine (C=N–C) groups is 1. The van der Waals surface area contributed by atoms with Gasteiger partial charge >= 0.3 is 0 Å². The van der Waals surface area contributed by atoms with Gasteiger partial charge < -0.3 is 10.2 Å². The van der Waals surface area contributed by atoms with Crippen LogP contribution in [-0.4, -0.2) is 33.7 Å². The van der Waals surface area contributed by atoms with Crippen LogP contribution in [0, 0.1) is 10.1 Å². The van der Waals surface area contributed by atoms with Gasteiger partial charge in [-0.25, -0.2) is 0 Å². The maximum atomic E-state index is 11.8. The predicted octanol–water partition coefficient (Wildman–Crippen LogP) is 2.31. The molecule has 0 spiro atoms. The van der Waals surface area contributed by atoms with Crippen molar-refractivity contribution < 1.29 is 19.9 Å². The zero-order valence-electron chi connectivity index (χ0n) is 11.3. The second-order valence-electron chi connectivity index (χ2n) is 4.44. The molecule has 2 aromatic carbocycles. The number of nitro benzene ring substituents is 1. The Morgan fingerprint density at radius 1 is 1.18 bits per heavy atom. The fraction of sp³-hybridized carbons (Fsp3) is 0.0667. The van der Waals surface area contributed by atoms with Crippen LogP contribution in [0.2, 0.25) is 0 Å². The molecule has 0 aliphatic rings. The molecule has 2 aromatic rings. The molecule has 0 amide bonds. The molecule has 0 saturated heterocycles. The van der Waals surface area contributed by atoms with Gasteiger partial charge in [0.15, 0.2) is 5.78 Å². The van der Waals surface area contributed by atoms with Gasteiger partial charge in [0.25, 0.3) is 5.69 Å². The maximum absolute atomic E-state index is 11.8. The van der Waals surface area contributed by atoms with Gasteiger partial charge in [-0.2, -0.15) is 0 Å². The van der Waals surface area contributed by atoms with E-state index < -0.39 is 4.92 Å². The highest BCUT2D eigenvalue weighted by atomic mass is 16.6. The van der Waals surface area contributed by atoms with E-state index in [-0.39, 0.29) is 35.1 Å². The molecule has 0 saturated carbocycles. The lowest BCUT2D eigenvalue weighted by Gasteiger charge is -2.00. The monoisotopic (exact) mass is 300 g/mol. The van der Waals surface area contributed by atoms with E-state index in [1.807, 2.05) is 0 Å². The standard InChI is InChI=1S/C15H12N2O5/c18-13-4-1-10(2-5-13)15(20)9-16-8-11-7-12(17(21)22)3-6-14(11)19/h1-8,18-19H,9H2. The predicted molar refractivity (Wildman–Crippen MR) is 79.7 cm³/mol. The third kappa shape index (κ3) is 3.66. The first-order valence-electron chi connectivity index (χ1n) is 6.27. The molecule has 7 nitrogen and oxygen atoms in total. The highest BCUT2D eigenvalue weighted by molar-refractivity contribution is 5.99. The van der Waals surface area contributed by atoms with Crippen molar-refractivity contribution in [2.75, 3.05) is 6.54 Å². The van der Waals surface area contributed by atoms with Crippen LogP contribution in [0.5, 0.6) is 11.5 Å². The Kier molecular flexibility index (Phi) is 4.47. The minimum Gasteiger partial charge on any atom is -0.508 e. The lowest BCUT2D eigenvalue weighted by atomic mass is 10.1. The van der Waals surface area contributed by atoms with Crippen LogP contribution in [0.15, 0.2) is 47.5 Å². The Morgan fingerprint density at radius 2 is 1.86 bits per heavy atom. The number of non-ortho nitro benzene ring substituents is 1. The normalized spacial score (nSPS) is 10.7. The summed E-state index contributed by atoms with van der Waals surface area (Å²) in [5.74, 6) is -0.380. The van der Waals surface area contributed by atoms with Crippen LogP contribution in [0.25, 0.3) is 0 Å². The molecule has 0 bridgehead atoms. The number of carbonyl (C=O) groups excluding carboxylic acids is 1. The largest absolute Gasteiger partial charge is 0.508 e. The minimum atomic E-state index is -0.585. The average molecular weight is 300 g/mol. The van der Waals surface area contributed by atoms with Gasteiger partial charge in [-0.1, -0.05) is 0 Å². The molecule has 7 heteroatoms. The van der Waals surface area contributed by atoms with Crippen LogP contribution in [0.4, 0.5) is 5.69 Å². The fourth-order valence-corrected chi connectivity index (χ4v) is 1.72. The quantitative estimate of drug-likeness (QED) is 0.381. The van der Waals surface area contributed by atoms with Crippen LogP contribution >= 0.6 is 0 Å². The number of phenolic OH excluding ortho intramolecular Hbond substituents is 2. The molecule has 0 aliphatic carbocycles. The van der Waals surface area contributed by atoms with Crippen molar-refractivity contribution in [2.45, 2.75) is 0 Å². The number of nitro groups is 1. The summed E-state index contributed by atoms with van der Waals surface area (Å²) >= 11 is 0. The molecule has 2 N–H and O–H groups in total. The molecule has 0 aliphatic heterocycles. The number of nitrogens with zero attached hydrogens (tertiary/aromatic N) is 2. The number of rotatable bonds is 5. The summed E-state index contributed by atoms with van der Waals surface area (Å²) in [4.78, 5) is 25.8. The van der Waals surface area contributed by atoms with Gasteiger partial charge in [-0.05, 0) is 30.3 Å². The summed E-state index contributed by atoms with van der Waals surface area (Å²) in [5, 5.41) is 29.4.